The van der Waals surface area contributed by atoms with Crippen LogP contribution in [0, 0.1) is 5.82 Å². The Morgan fingerprint density at radius 1 is 1.50 bits per heavy atom. The minimum Gasteiger partial charge on any atom is -0.462 e. The Balaban J connectivity index is 2.41. The number of amides is 1. The first-order valence-electron chi connectivity index (χ1n) is 6.44. The molecule has 0 bridgehead atoms. The van der Waals surface area contributed by atoms with E-state index in [1.165, 1.54) is 6.07 Å². The summed E-state index contributed by atoms with van der Waals surface area (Å²) in [6.45, 7) is 1.48. The molecule has 1 fully saturated rings. The maximum absolute atomic E-state index is 13.4. The number of benzene rings is 1. The van der Waals surface area contributed by atoms with E-state index >= 15 is 0 Å². The number of nitrogens with zero attached hydrogens (tertiary/aromatic N) is 1. The molecule has 1 aliphatic rings. The van der Waals surface area contributed by atoms with Gasteiger partial charge in [0.05, 0.1) is 17.9 Å². The molecule has 0 N–H and O–H groups in total. The van der Waals surface area contributed by atoms with Gasteiger partial charge < -0.3 is 9.64 Å². The molecule has 1 atom stereocenters. The van der Waals surface area contributed by atoms with Crippen molar-refractivity contribution in [2.24, 2.45) is 0 Å². The minimum absolute atomic E-state index is 0.0847. The van der Waals surface area contributed by atoms with E-state index in [4.69, 9.17) is 15.4 Å². The molecule has 1 saturated heterocycles. The lowest BCUT2D eigenvalue weighted by atomic mass is 10.1. The molecule has 0 saturated carbocycles. The summed E-state index contributed by atoms with van der Waals surface area (Å²) in [4.78, 5) is 25.0. The average Bonchev–Trinajstić information content (AvgIpc) is 2.81. The number of carbonyl (C=O) groups excluding carboxylic acids is 2. The summed E-state index contributed by atoms with van der Waals surface area (Å²) in [5.41, 5.74) is -0.0320. The van der Waals surface area contributed by atoms with Gasteiger partial charge in [-0.15, -0.1) is 0 Å². The van der Waals surface area contributed by atoms with Crippen LogP contribution < -0.4 is 4.90 Å². The van der Waals surface area contributed by atoms with Gasteiger partial charge in [-0.3, -0.25) is 4.79 Å². The van der Waals surface area contributed by atoms with Crippen LogP contribution in [-0.4, -0.2) is 38.7 Å². The van der Waals surface area contributed by atoms with E-state index in [9.17, 15) is 22.4 Å². The predicted octanol–water partition coefficient (Wildman–Crippen LogP) is 1.68. The van der Waals surface area contributed by atoms with Crippen molar-refractivity contribution in [3.63, 3.8) is 0 Å². The van der Waals surface area contributed by atoms with E-state index in [-0.39, 0.29) is 30.8 Å². The van der Waals surface area contributed by atoms with Crippen LogP contribution in [-0.2, 0) is 18.6 Å². The smallest absolute Gasteiger partial charge is 0.340 e. The van der Waals surface area contributed by atoms with E-state index in [0.29, 0.717) is 0 Å². The third kappa shape index (κ3) is 3.38. The first kappa shape index (κ1) is 16.7. The standard InChI is InChI=1S/C13H13ClFNO5S/c1-2-21-13(18)10-5-8(15)3-4-11(10)16-7-9(6-12(16)17)22(14,19)20/h3-5,9H,2,6-7H2,1H3. The minimum atomic E-state index is -3.91. The van der Waals surface area contributed by atoms with Crippen molar-refractivity contribution in [3.05, 3.63) is 29.6 Å². The largest absolute Gasteiger partial charge is 0.462 e. The summed E-state index contributed by atoms with van der Waals surface area (Å²) in [6, 6.07) is 3.26. The van der Waals surface area contributed by atoms with Crippen LogP contribution >= 0.6 is 10.7 Å². The highest BCUT2D eigenvalue weighted by atomic mass is 35.7. The normalized spacial score (nSPS) is 18.6. The molecular weight excluding hydrogens is 337 g/mol. The van der Waals surface area contributed by atoms with Crippen molar-refractivity contribution in [2.75, 3.05) is 18.1 Å². The molecule has 0 aromatic heterocycles. The number of ether oxygens (including phenoxy) is 1. The molecule has 1 heterocycles. The van der Waals surface area contributed by atoms with Crippen molar-refractivity contribution in [3.8, 4) is 0 Å². The molecule has 1 aromatic carbocycles. The molecular formula is C13H13ClFNO5S. The highest BCUT2D eigenvalue weighted by molar-refractivity contribution is 8.14. The third-order valence-corrected chi connectivity index (χ3v) is 5.10. The lowest BCUT2D eigenvalue weighted by Gasteiger charge is -2.19. The van der Waals surface area contributed by atoms with Gasteiger partial charge in [-0.1, -0.05) is 0 Å². The molecule has 2 rings (SSSR count). The van der Waals surface area contributed by atoms with Gasteiger partial charge in [0, 0.05) is 23.6 Å². The second kappa shape index (κ2) is 6.21. The van der Waals surface area contributed by atoms with Crippen molar-refractivity contribution in [1.29, 1.82) is 0 Å². The number of rotatable bonds is 4. The van der Waals surface area contributed by atoms with Crippen LogP contribution in [0.5, 0.6) is 0 Å². The van der Waals surface area contributed by atoms with E-state index in [1.54, 1.807) is 6.92 Å². The Hall–Kier alpha value is -1.67. The number of hydrogen-bond donors (Lipinski definition) is 0. The third-order valence-electron chi connectivity index (χ3n) is 3.23. The Morgan fingerprint density at radius 3 is 2.73 bits per heavy atom. The molecule has 1 amide bonds. The molecule has 0 radical (unpaired) electrons. The molecule has 0 spiro atoms. The topological polar surface area (TPSA) is 80.8 Å². The van der Waals surface area contributed by atoms with Crippen LogP contribution in [0.1, 0.15) is 23.7 Å². The maximum Gasteiger partial charge on any atom is 0.340 e. The van der Waals surface area contributed by atoms with E-state index < -0.39 is 32.0 Å². The van der Waals surface area contributed by atoms with Gasteiger partial charge in [0.1, 0.15) is 11.1 Å². The Kier molecular flexibility index (Phi) is 4.72. The molecule has 6 nitrogen and oxygen atoms in total. The Morgan fingerprint density at radius 2 is 2.18 bits per heavy atom. The predicted molar refractivity (Wildman–Crippen MR) is 77.9 cm³/mol. The fourth-order valence-corrected chi connectivity index (χ4v) is 3.24. The van der Waals surface area contributed by atoms with Gasteiger partial charge >= 0.3 is 5.97 Å². The molecule has 0 aliphatic carbocycles. The summed E-state index contributed by atoms with van der Waals surface area (Å²) in [5, 5.41) is -1.07. The highest BCUT2D eigenvalue weighted by Gasteiger charge is 2.39. The first-order valence-corrected chi connectivity index (χ1v) is 8.81. The lowest BCUT2D eigenvalue weighted by Crippen LogP contribution is -2.28. The van der Waals surface area contributed by atoms with Gasteiger partial charge in [-0.2, -0.15) is 0 Å². The quantitative estimate of drug-likeness (QED) is 0.610. The SMILES string of the molecule is CCOC(=O)c1cc(F)ccc1N1CC(S(=O)(=O)Cl)CC1=O. The van der Waals surface area contributed by atoms with Gasteiger partial charge in [-0.05, 0) is 25.1 Å². The van der Waals surface area contributed by atoms with Crippen LogP contribution in [0.2, 0.25) is 0 Å². The van der Waals surface area contributed by atoms with E-state index in [2.05, 4.69) is 0 Å². The zero-order chi connectivity index (χ0) is 16.5. The summed E-state index contributed by atoms with van der Waals surface area (Å²) in [7, 11) is 1.37. The molecule has 120 valence electrons. The van der Waals surface area contributed by atoms with E-state index in [0.717, 1.165) is 17.0 Å². The van der Waals surface area contributed by atoms with Crippen LogP contribution in [0.15, 0.2) is 18.2 Å². The highest BCUT2D eigenvalue weighted by Crippen LogP contribution is 2.30. The molecule has 22 heavy (non-hydrogen) atoms. The second-order valence-electron chi connectivity index (χ2n) is 4.69. The first-order chi connectivity index (χ1) is 10.2. The molecule has 1 aromatic rings. The Labute approximate surface area is 131 Å². The Bertz CT molecular complexity index is 721. The maximum atomic E-state index is 13.4. The van der Waals surface area contributed by atoms with Crippen molar-refractivity contribution < 1.29 is 27.1 Å². The van der Waals surface area contributed by atoms with Crippen LogP contribution in [0.4, 0.5) is 10.1 Å². The lowest BCUT2D eigenvalue weighted by molar-refractivity contribution is -0.117. The van der Waals surface area contributed by atoms with Gasteiger partial charge in [0.2, 0.25) is 15.0 Å². The number of esters is 1. The monoisotopic (exact) mass is 349 g/mol. The van der Waals surface area contributed by atoms with Gasteiger partial charge in [-0.25, -0.2) is 17.6 Å². The van der Waals surface area contributed by atoms with Gasteiger partial charge in [0.15, 0.2) is 0 Å². The van der Waals surface area contributed by atoms with Crippen molar-refractivity contribution in [2.45, 2.75) is 18.6 Å². The molecule has 9 heteroatoms. The second-order valence-corrected chi connectivity index (χ2v) is 7.60. The fourth-order valence-electron chi connectivity index (χ4n) is 2.21. The number of carbonyl (C=O) groups is 2. The zero-order valence-corrected chi connectivity index (χ0v) is 13.2. The number of anilines is 1. The van der Waals surface area contributed by atoms with Crippen LogP contribution in [0.3, 0.4) is 0 Å². The van der Waals surface area contributed by atoms with Crippen molar-refractivity contribution in [1.82, 2.24) is 0 Å². The summed E-state index contributed by atoms with van der Waals surface area (Å²) in [6.07, 6.45) is -0.286. The summed E-state index contributed by atoms with van der Waals surface area (Å²) < 4.78 is 40.9. The molecule has 1 unspecified atom stereocenters. The average molecular weight is 350 g/mol. The van der Waals surface area contributed by atoms with E-state index in [1.807, 2.05) is 0 Å². The van der Waals surface area contributed by atoms with Crippen molar-refractivity contribution >= 4 is 37.3 Å². The number of hydrogen-bond acceptors (Lipinski definition) is 5. The summed E-state index contributed by atoms with van der Waals surface area (Å²) >= 11 is 0. The zero-order valence-electron chi connectivity index (χ0n) is 11.6. The number of halogens is 2. The summed E-state index contributed by atoms with van der Waals surface area (Å²) in [5.74, 6) is -1.96. The molecule has 1 aliphatic heterocycles. The van der Waals surface area contributed by atoms with Gasteiger partial charge in [0.25, 0.3) is 0 Å². The van der Waals surface area contributed by atoms with Crippen LogP contribution in [0.25, 0.3) is 0 Å². The fraction of sp³-hybridized carbons (Fsp3) is 0.385.